The fourth-order valence-electron chi connectivity index (χ4n) is 4.04. The van der Waals surface area contributed by atoms with Crippen LogP contribution in [0.2, 0.25) is 0 Å². The highest BCUT2D eigenvalue weighted by atomic mass is 16.6. The molecule has 1 atom stereocenters. The molecule has 2 aromatic carbocycles. The summed E-state index contributed by atoms with van der Waals surface area (Å²) in [6.07, 6.45) is 2.54. The number of hydrogen-bond acceptors (Lipinski definition) is 6. The molecule has 1 aliphatic carbocycles. The molecule has 8 heteroatoms. The molecule has 0 saturated heterocycles. The van der Waals surface area contributed by atoms with Gasteiger partial charge in [-0.1, -0.05) is 31.2 Å². The van der Waals surface area contributed by atoms with Crippen LogP contribution in [0, 0.1) is 23.0 Å². The molecule has 3 aromatic rings. The number of nitrogens with one attached hydrogen (secondary N) is 1. The number of esters is 1. The maximum atomic E-state index is 13.1. The summed E-state index contributed by atoms with van der Waals surface area (Å²) in [7, 11) is 0. The predicted molar refractivity (Wildman–Crippen MR) is 120 cm³/mol. The standard InChI is InChI=1S/C24H23N3O5/c1-14-7-10-20-18(11-14)23(17-5-3-4-6-19(17)25-20)24(29)32-13-22(28)26-21-12-16(27(30)31)9-8-15(21)2/h3-6,8-9,12,14H,7,10-11,13H2,1-2H3,(H,26,28). The highest BCUT2D eigenvalue weighted by Gasteiger charge is 2.26. The van der Waals surface area contributed by atoms with Crippen LogP contribution in [0.4, 0.5) is 11.4 Å². The summed E-state index contributed by atoms with van der Waals surface area (Å²) >= 11 is 0. The Morgan fingerprint density at radius 2 is 2.03 bits per heavy atom. The van der Waals surface area contributed by atoms with Gasteiger partial charge in [0.2, 0.25) is 0 Å². The van der Waals surface area contributed by atoms with Crippen molar-refractivity contribution in [3.63, 3.8) is 0 Å². The Hall–Kier alpha value is -3.81. The molecule has 0 aliphatic heterocycles. The van der Waals surface area contributed by atoms with Crippen molar-refractivity contribution in [3.05, 3.63) is 75.0 Å². The third kappa shape index (κ3) is 4.30. The van der Waals surface area contributed by atoms with Gasteiger partial charge in [-0.05, 0) is 49.3 Å². The van der Waals surface area contributed by atoms with E-state index in [0.29, 0.717) is 28.1 Å². The lowest BCUT2D eigenvalue weighted by molar-refractivity contribution is -0.384. The second kappa shape index (κ2) is 8.74. The summed E-state index contributed by atoms with van der Waals surface area (Å²) in [6.45, 7) is 3.37. The number of para-hydroxylation sites is 1. The monoisotopic (exact) mass is 433 g/mol. The number of carbonyl (C=O) groups is 2. The van der Waals surface area contributed by atoms with E-state index in [-0.39, 0.29) is 5.69 Å². The second-order valence-corrected chi connectivity index (χ2v) is 8.16. The molecule has 4 rings (SSSR count). The number of benzene rings is 2. The molecule has 1 amide bonds. The number of pyridine rings is 1. The Balaban J connectivity index is 1.55. The first-order valence-electron chi connectivity index (χ1n) is 10.5. The molecule has 8 nitrogen and oxygen atoms in total. The molecule has 0 spiro atoms. The number of nitrogens with zero attached hydrogens (tertiary/aromatic N) is 2. The number of ether oxygens (including phenoxy) is 1. The molecule has 1 N–H and O–H groups in total. The average Bonchev–Trinajstić information content (AvgIpc) is 2.77. The summed E-state index contributed by atoms with van der Waals surface area (Å²) in [4.78, 5) is 40.7. The SMILES string of the molecule is Cc1ccc([N+](=O)[O-])cc1NC(=O)COC(=O)c1c2c(nc3ccccc13)CCC(C)C2. The number of hydrogen-bond donors (Lipinski definition) is 1. The molecule has 164 valence electrons. The second-order valence-electron chi connectivity index (χ2n) is 8.16. The van der Waals surface area contributed by atoms with E-state index in [4.69, 9.17) is 9.72 Å². The van der Waals surface area contributed by atoms with Crippen molar-refractivity contribution in [1.82, 2.24) is 4.98 Å². The van der Waals surface area contributed by atoms with E-state index in [9.17, 15) is 19.7 Å². The molecule has 0 radical (unpaired) electrons. The lowest BCUT2D eigenvalue weighted by Crippen LogP contribution is -2.24. The van der Waals surface area contributed by atoms with Gasteiger partial charge in [-0.15, -0.1) is 0 Å². The number of amides is 1. The summed E-state index contributed by atoms with van der Waals surface area (Å²) in [5.41, 5.74) is 3.83. The molecular formula is C24H23N3O5. The molecule has 1 aromatic heterocycles. The number of aryl methyl sites for hydroxylation is 2. The number of nitro benzene ring substituents is 1. The van der Waals surface area contributed by atoms with E-state index in [1.54, 1.807) is 13.0 Å². The topological polar surface area (TPSA) is 111 Å². The maximum absolute atomic E-state index is 13.1. The first-order valence-corrected chi connectivity index (χ1v) is 10.5. The molecule has 32 heavy (non-hydrogen) atoms. The quantitative estimate of drug-likeness (QED) is 0.363. The minimum absolute atomic E-state index is 0.133. The van der Waals surface area contributed by atoms with Crippen LogP contribution in [0.15, 0.2) is 42.5 Å². The Labute approximate surface area is 184 Å². The summed E-state index contributed by atoms with van der Waals surface area (Å²) in [5, 5.41) is 14.3. The highest BCUT2D eigenvalue weighted by molar-refractivity contribution is 6.06. The zero-order valence-corrected chi connectivity index (χ0v) is 17.9. The van der Waals surface area contributed by atoms with E-state index in [1.807, 2.05) is 24.3 Å². The van der Waals surface area contributed by atoms with Crippen LogP contribution >= 0.6 is 0 Å². The fourth-order valence-corrected chi connectivity index (χ4v) is 4.04. The van der Waals surface area contributed by atoms with Crippen molar-refractivity contribution in [2.75, 3.05) is 11.9 Å². The van der Waals surface area contributed by atoms with Crippen LogP contribution in [-0.4, -0.2) is 28.4 Å². The number of anilines is 1. The van der Waals surface area contributed by atoms with Crippen molar-refractivity contribution in [2.45, 2.75) is 33.1 Å². The van der Waals surface area contributed by atoms with Gasteiger partial charge >= 0.3 is 5.97 Å². The van der Waals surface area contributed by atoms with Gasteiger partial charge < -0.3 is 10.1 Å². The van der Waals surface area contributed by atoms with Crippen molar-refractivity contribution in [3.8, 4) is 0 Å². The van der Waals surface area contributed by atoms with Crippen LogP contribution in [0.3, 0.4) is 0 Å². The number of fused-ring (bicyclic) bond motifs is 2. The van der Waals surface area contributed by atoms with Gasteiger partial charge in [0.15, 0.2) is 6.61 Å². The maximum Gasteiger partial charge on any atom is 0.339 e. The molecular weight excluding hydrogens is 410 g/mol. The van der Waals surface area contributed by atoms with Gasteiger partial charge in [-0.3, -0.25) is 19.9 Å². The molecule has 0 fully saturated rings. The smallest absolute Gasteiger partial charge is 0.339 e. The van der Waals surface area contributed by atoms with E-state index >= 15 is 0 Å². The zero-order valence-electron chi connectivity index (χ0n) is 17.9. The van der Waals surface area contributed by atoms with Crippen molar-refractivity contribution < 1.29 is 19.2 Å². The normalized spacial score (nSPS) is 15.1. The van der Waals surface area contributed by atoms with E-state index in [0.717, 1.165) is 36.0 Å². The van der Waals surface area contributed by atoms with Crippen molar-refractivity contribution >= 4 is 34.2 Å². The van der Waals surface area contributed by atoms with Gasteiger partial charge in [0.1, 0.15) is 0 Å². The predicted octanol–water partition coefficient (Wildman–Crippen LogP) is 4.37. The minimum atomic E-state index is -0.570. The number of rotatable bonds is 5. The number of non-ortho nitro benzene ring substituents is 1. The van der Waals surface area contributed by atoms with Crippen LogP contribution in [0.5, 0.6) is 0 Å². The lowest BCUT2D eigenvalue weighted by atomic mass is 9.84. The van der Waals surface area contributed by atoms with Crippen LogP contribution in [-0.2, 0) is 22.4 Å². The number of carbonyl (C=O) groups excluding carboxylic acids is 2. The Morgan fingerprint density at radius 3 is 2.81 bits per heavy atom. The fraction of sp³-hybridized carbons (Fsp3) is 0.292. The van der Waals surface area contributed by atoms with E-state index in [2.05, 4.69) is 12.2 Å². The first-order chi connectivity index (χ1) is 15.3. The Morgan fingerprint density at radius 1 is 1.25 bits per heavy atom. The van der Waals surface area contributed by atoms with Crippen LogP contribution < -0.4 is 5.32 Å². The van der Waals surface area contributed by atoms with Crippen LogP contribution in [0.1, 0.15) is 40.5 Å². The largest absolute Gasteiger partial charge is 0.452 e. The lowest BCUT2D eigenvalue weighted by Gasteiger charge is -2.24. The van der Waals surface area contributed by atoms with E-state index in [1.165, 1.54) is 12.1 Å². The van der Waals surface area contributed by atoms with Gasteiger partial charge in [-0.25, -0.2) is 4.79 Å². The van der Waals surface area contributed by atoms with Crippen molar-refractivity contribution in [1.29, 1.82) is 0 Å². The molecule has 0 saturated carbocycles. The molecule has 0 bridgehead atoms. The molecule has 1 unspecified atom stereocenters. The third-order valence-electron chi connectivity index (χ3n) is 5.75. The molecule has 1 aliphatic rings. The van der Waals surface area contributed by atoms with Crippen molar-refractivity contribution in [2.24, 2.45) is 5.92 Å². The summed E-state index contributed by atoms with van der Waals surface area (Å²) in [6, 6.07) is 11.6. The number of nitro groups is 1. The summed E-state index contributed by atoms with van der Waals surface area (Å²) in [5.74, 6) is -0.709. The average molecular weight is 433 g/mol. The minimum Gasteiger partial charge on any atom is -0.452 e. The Kier molecular flexibility index (Phi) is 5.85. The summed E-state index contributed by atoms with van der Waals surface area (Å²) < 4.78 is 5.38. The zero-order chi connectivity index (χ0) is 22.8. The highest BCUT2D eigenvalue weighted by Crippen LogP contribution is 2.32. The first kappa shape index (κ1) is 21.4. The van der Waals surface area contributed by atoms with Gasteiger partial charge in [0.05, 0.1) is 21.7 Å². The van der Waals surface area contributed by atoms with Crippen LogP contribution in [0.25, 0.3) is 10.9 Å². The third-order valence-corrected chi connectivity index (χ3v) is 5.75. The molecule has 1 heterocycles. The van der Waals surface area contributed by atoms with Gasteiger partial charge in [0.25, 0.3) is 11.6 Å². The van der Waals surface area contributed by atoms with Gasteiger partial charge in [0, 0.05) is 23.2 Å². The van der Waals surface area contributed by atoms with Gasteiger partial charge in [-0.2, -0.15) is 0 Å². The van der Waals surface area contributed by atoms with E-state index < -0.39 is 23.4 Å². The Bertz CT molecular complexity index is 1240. The number of aromatic nitrogens is 1.